The quantitative estimate of drug-likeness (QED) is 0.747. The molecule has 0 fully saturated rings. The maximum absolute atomic E-state index is 10.5. The van der Waals surface area contributed by atoms with Gasteiger partial charge in [-0.1, -0.05) is 0 Å². The summed E-state index contributed by atoms with van der Waals surface area (Å²) in [4.78, 5) is 21.9. The fraction of sp³-hybridized carbons (Fsp3) is 0.250. The lowest BCUT2D eigenvalue weighted by Gasteiger charge is -2.11. The summed E-state index contributed by atoms with van der Waals surface area (Å²) in [6.07, 6.45) is 5.24. The number of nitrogens with zero attached hydrogens (tertiary/aromatic N) is 2. The van der Waals surface area contributed by atoms with Crippen molar-refractivity contribution in [2.75, 3.05) is 5.32 Å². The molecule has 0 aliphatic rings. The van der Waals surface area contributed by atoms with Gasteiger partial charge in [-0.05, 0) is 19.1 Å². The van der Waals surface area contributed by atoms with Crippen molar-refractivity contribution in [1.29, 1.82) is 0 Å². The Hall–Kier alpha value is -2.37. The number of carbonyl (C=O) groups is 1. The van der Waals surface area contributed by atoms with E-state index in [0.29, 0.717) is 5.95 Å². The van der Waals surface area contributed by atoms with Gasteiger partial charge in [-0.3, -0.25) is 4.79 Å². The summed E-state index contributed by atoms with van der Waals surface area (Å²) < 4.78 is 0. The molecule has 0 bridgehead atoms. The zero-order valence-electron chi connectivity index (χ0n) is 9.92. The lowest BCUT2D eigenvalue weighted by molar-refractivity contribution is -0.137. The van der Waals surface area contributed by atoms with Crippen LogP contribution in [0, 0.1) is 0 Å². The van der Waals surface area contributed by atoms with Crippen LogP contribution in [0.3, 0.4) is 0 Å². The van der Waals surface area contributed by atoms with Crippen LogP contribution < -0.4 is 5.32 Å². The molecule has 0 aromatic carbocycles. The van der Waals surface area contributed by atoms with Crippen LogP contribution in [-0.4, -0.2) is 32.1 Å². The second kappa shape index (κ2) is 5.31. The van der Waals surface area contributed by atoms with Crippen molar-refractivity contribution in [3.8, 4) is 11.3 Å². The predicted octanol–water partition coefficient (Wildman–Crippen LogP) is 1.75. The molecule has 0 aliphatic carbocycles. The number of hydrogen-bond acceptors (Lipinski definition) is 4. The van der Waals surface area contributed by atoms with Gasteiger partial charge in [0.1, 0.15) is 0 Å². The highest BCUT2D eigenvalue weighted by Gasteiger charge is 2.08. The van der Waals surface area contributed by atoms with Gasteiger partial charge < -0.3 is 15.4 Å². The van der Waals surface area contributed by atoms with Crippen molar-refractivity contribution < 1.29 is 9.90 Å². The summed E-state index contributed by atoms with van der Waals surface area (Å²) in [5.41, 5.74) is 1.83. The highest BCUT2D eigenvalue weighted by molar-refractivity contribution is 5.68. The molecule has 0 amide bonds. The monoisotopic (exact) mass is 246 g/mol. The Kier molecular flexibility index (Phi) is 3.57. The molecule has 2 heterocycles. The first kappa shape index (κ1) is 12.1. The van der Waals surface area contributed by atoms with Crippen molar-refractivity contribution in [1.82, 2.24) is 15.0 Å². The largest absolute Gasteiger partial charge is 0.481 e. The van der Waals surface area contributed by atoms with Crippen LogP contribution in [0.1, 0.15) is 13.3 Å². The molecular weight excluding hydrogens is 232 g/mol. The molecule has 2 aromatic rings. The third-order valence-corrected chi connectivity index (χ3v) is 2.42. The molecule has 2 rings (SSSR count). The number of H-pyrrole nitrogens is 1. The summed E-state index contributed by atoms with van der Waals surface area (Å²) in [6, 6.07) is 3.62. The van der Waals surface area contributed by atoms with E-state index in [-0.39, 0.29) is 12.5 Å². The normalized spacial score (nSPS) is 12.1. The Labute approximate surface area is 104 Å². The topological polar surface area (TPSA) is 90.9 Å². The smallest absolute Gasteiger partial charge is 0.305 e. The van der Waals surface area contributed by atoms with E-state index in [2.05, 4.69) is 20.3 Å². The van der Waals surface area contributed by atoms with Gasteiger partial charge >= 0.3 is 5.97 Å². The fourth-order valence-electron chi connectivity index (χ4n) is 1.58. The van der Waals surface area contributed by atoms with Crippen LogP contribution in [0.2, 0.25) is 0 Å². The molecule has 0 spiro atoms. The minimum absolute atomic E-state index is 0.0295. The molecular formula is C12H14N4O2. The number of rotatable bonds is 5. The minimum atomic E-state index is -0.849. The summed E-state index contributed by atoms with van der Waals surface area (Å²) >= 11 is 0. The first-order valence-electron chi connectivity index (χ1n) is 5.59. The molecule has 6 nitrogen and oxygen atoms in total. The van der Waals surface area contributed by atoms with E-state index in [4.69, 9.17) is 5.11 Å². The minimum Gasteiger partial charge on any atom is -0.481 e. The van der Waals surface area contributed by atoms with Gasteiger partial charge in [0.15, 0.2) is 0 Å². The molecule has 0 saturated carbocycles. The Balaban J connectivity index is 2.02. The van der Waals surface area contributed by atoms with E-state index >= 15 is 0 Å². The SMILES string of the molecule is CC(CC(=O)O)Nc1ncc(-c2ccc[nH]2)cn1. The van der Waals surface area contributed by atoms with Gasteiger partial charge in [0.2, 0.25) is 5.95 Å². The standard InChI is InChI=1S/C12H14N4O2/c1-8(5-11(17)18)16-12-14-6-9(7-15-12)10-3-2-4-13-10/h2-4,6-8,13H,5H2,1H3,(H,17,18)(H,14,15,16). The molecule has 3 N–H and O–H groups in total. The highest BCUT2D eigenvalue weighted by Crippen LogP contribution is 2.15. The van der Waals surface area contributed by atoms with E-state index in [1.54, 1.807) is 19.3 Å². The zero-order valence-corrected chi connectivity index (χ0v) is 9.92. The van der Waals surface area contributed by atoms with Gasteiger partial charge in [-0.15, -0.1) is 0 Å². The van der Waals surface area contributed by atoms with Crippen LogP contribution in [0.4, 0.5) is 5.95 Å². The molecule has 1 unspecified atom stereocenters. The van der Waals surface area contributed by atoms with E-state index in [1.807, 2.05) is 18.3 Å². The summed E-state index contributed by atoms with van der Waals surface area (Å²) in [6.45, 7) is 1.77. The van der Waals surface area contributed by atoms with E-state index in [0.717, 1.165) is 11.3 Å². The first-order chi connectivity index (χ1) is 8.65. The van der Waals surface area contributed by atoms with Crippen LogP contribution in [0.25, 0.3) is 11.3 Å². The summed E-state index contributed by atoms with van der Waals surface area (Å²) in [5, 5.41) is 11.6. The molecule has 1 atom stereocenters. The van der Waals surface area contributed by atoms with E-state index < -0.39 is 5.97 Å². The molecule has 0 aliphatic heterocycles. The number of anilines is 1. The second-order valence-corrected chi connectivity index (χ2v) is 4.02. The third kappa shape index (κ3) is 3.07. The number of hydrogen-bond donors (Lipinski definition) is 3. The third-order valence-electron chi connectivity index (χ3n) is 2.42. The molecule has 18 heavy (non-hydrogen) atoms. The van der Waals surface area contributed by atoms with Crippen molar-refractivity contribution in [3.63, 3.8) is 0 Å². The maximum Gasteiger partial charge on any atom is 0.305 e. The number of carboxylic acid groups (broad SMARTS) is 1. The Morgan fingerprint density at radius 2 is 2.22 bits per heavy atom. The Morgan fingerprint density at radius 1 is 1.50 bits per heavy atom. The second-order valence-electron chi connectivity index (χ2n) is 4.02. The lowest BCUT2D eigenvalue weighted by Crippen LogP contribution is -2.20. The molecule has 0 saturated heterocycles. The molecule has 94 valence electrons. The van der Waals surface area contributed by atoms with E-state index in [1.165, 1.54) is 0 Å². The zero-order chi connectivity index (χ0) is 13.0. The highest BCUT2D eigenvalue weighted by atomic mass is 16.4. The van der Waals surface area contributed by atoms with Crippen LogP contribution in [0.15, 0.2) is 30.7 Å². The van der Waals surface area contributed by atoms with Gasteiger partial charge in [0.05, 0.1) is 6.42 Å². The van der Waals surface area contributed by atoms with Gasteiger partial charge in [0, 0.05) is 35.9 Å². The van der Waals surface area contributed by atoms with Crippen LogP contribution in [0.5, 0.6) is 0 Å². The number of aromatic amines is 1. The van der Waals surface area contributed by atoms with Crippen molar-refractivity contribution in [2.45, 2.75) is 19.4 Å². The molecule has 0 radical (unpaired) electrons. The first-order valence-corrected chi connectivity index (χ1v) is 5.59. The summed E-state index contributed by atoms with van der Waals surface area (Å²) in [7, 11) is 0. The Morgan fingerprint density at radius 3 is 2.78 bits per heavy atom. The number of carboxylic acids is 1. The predicted molar refractivity (Wildman–Crippen MR) is 67.2 cm³/mol. The van der Waals surface area contributed by atoms with Gasteiger partial charge in [-0.2, -0.15) is 0 Å². The van der Waals surface area contributed by atoms with Crippen LogP contribution in [-0.2, 0) is 4.79 Å². The fourth-order valence-corrected chi connectivity index (χ4v) is 1.58. The number of aromatic nitrogens is 3. The number of nitrogens with one attached hydrogen (secondary N) is 2. The molecule has 2 aromatic heterocycles. The summed E-state index contributed by atoms with van der Waals surface area (Å²) in [5.74, 6) is -0.419. The maximum atomic E-state index is 10.5. The van der Waals surface area contributed by atoms with Crippen molar-refractivity contribution >= 4 is 11.9 Å². The van der Waals surface area contributed by atoms with Crippen LogP contribution >= 0.6 is 0 Å². The van der Waals surface area contributed by atoms with E-state index in [9.17, 15) is 4.79 Å². The number of aliphatic carboxylic acids is 1. The molecule has 6 heteroatoms. The van der Waals surface area contributed by atoms with Crippen molar-refractivity contribution in [2.24, 2.45) is 0 Å². The van der Waals surface area contributed by atoms with Crippen molar-refractivity contribution in [3.05, 3.63) is 30.7 Å². The van der Waals surface area contributed by atoms with Gasteiger partial charge in [0.25, 0.3) is 0 Å². The average Bonchev–Trinajstić information content (AvgIpc) is 2.82. The lowest BCUT2D eigenvalue weighted by atomic mass is 10.2. The average molecular weight is 246 g/mol. The van der Waals surface area contributed by atoms with Gasteiger partial charge in [-0.25, -0.2) is 9.97 Å². The Bertz CT molecular complexity index is 507.